The van der Waals surface area contributed by atoms with Crippen LogP contribution in [0.25, 0.3) is 0 Å². The van der Waals surface area contributed by atoms with Crippen molar-refractivity contribution in [2.75, 3.05) is 6.61 Å². The van der Waals surface area contributed by atoms with Crippen LogP contribution >= 0.6 is 0 Å². The SMILES string of the molecule is CCOC(=O)C1C(C)=Nc2c(c(=O)n(C)c(=O)n2C)C1CC(C)C. The molecule has 7 nitrogen and oxygen atoms in total. The largest absolute Gasteiger partial charge is 0.465 e. The van der Waals surface area contributed by atoms with Crippen molar-refractivity contribution in [3.63, 3.8) is 0 Å². The van der Waals surface area contributed by atoms with E-state index in [1.807, 2.05) is 13.8 Å². The third-order valence-electron chi connectivity index (χ3n) is 4.44. The Balaban J connectivity index is 2.76. The molecule has 1 aliphatic heterocycles. The van der Waals surface area contributed by atoms with Crippen LogP contribution in [-0.2, 0) is 23.6 Å². The van der Waals surface area contributed by atoms with Crippen LogP contribution < -0.4 is 11.2 Å². The number of aromatic nitrogens is 2. The highest BCUT2D eigenvalue weighted by Crippen LogP contribution is 2.39. The number of esters is 1. The summed E-state index contributed by atoms with van der Waals surface area (Å²) in [4.78, 5) is 41.8. The van der Waals surface area contributed by atoms with E-state index in [4.69, 9.17) is 4.74 Å². The Morgan fingerprint density at radius 2 is 1.88 bits per heavy atom. The van der Waals surface area contributed by atoms with Crippen LogP contribution in [0, 0.1) is 11.8 Å². The van der Waals surface area contributed by atoms with Crippen molar-refractivity contribution >= 4 is 17.5 Å². The number of carbonyl (C=O) groups excluding carboxylic acids is 1. The lowest BCUT2D eigenvalue weighted by Gasteiger charge is -2.32. The van der Waals surface area contributed by atoms with E-state index in [9.17, 15) is 14.4 Å². The summed E-state index contributed by atoms with van der Waals surface area (Å²) in [6.45, 7) is 7.85. The summed E-state index contributed by atoms with van der Waals surface area (Å²) in [5.41, 5.74) is 0.198. The highest BCUT2D eigenvalue weighted by Gasteiger charge is 2.40. The normalized spacial score (nSPS) is 19.9. The Labute approximate surface area is 141 Å². The molecule has 0 aromatic carbocycles. The lowest BCUT2D eigenvalue weighted by molar-refractivity contribution is -0.146. The van der Waals surface area contributed by atoms with Crippen LogP contribution in [0.15, 0.2) is 14.6 Å². The number of fused-ring (bicyclic) bond motifs is 1. The Morgan fingerprint density at radius 1 is 1.25 bits per heavy atom. The van der Waals surface area contributed by atoms with Gasteiger partial charge in [-0.15, -0.1) is 0 Å². The fourth-order valence-electron chi connectivity index (χ4n) is 3.34. The second-order valence-corrected chi connectivity index (χ2v) is 6.66. The molecule has 2 atom stereocenters. The molecule has 1 aromatic rings. The number of aliphatic imine (C=N–C) groups is 1. The van der Waals surface area contributed by atoms with Crippen LogP contribution in [0.1, 0.15) is 45.6 Å². The fourth-order valence-corrected chi connectivity index (χ4v) is 3.34. The number of hydrogen-bond acceptors (Lipinski definition) is 5. The average molecular weight is 335 g/mol. The second kappa shape index (κ2) is 6.75. The van der Waals surface area contributed by atoms with E-state index in [1.54, 1.807) is 20.9 Å². The summed E-state index contributed by atoms with van der Waals surface area (Å²) in [5.74, 6) is -0.683. The number of nitrogens with zero attached hydrogens (tertiary/aromatic N) is 3. The lowest BCUT2D eigenvalue weighted by atomic mass is 9.77. The number of ether oxygens (including phenoxy) is 1. The van der Waals surface area contributed by atoms with Crippen LogP contribution in [0.2, 0.25) is 0 Å². The van der Waals surface area contributed by atoms with Crippen molar-refractivity contribution < 1.29 is 9.53 Å². The Bertz CT molecular complexity index is 801. The van der Waals surface area contributed by atoms with E-state index >= 15 is 0 Å². The molecule has 7 heteroatoms. The van der Waals surface area contributed by atoms with Crippen LogP contribution in [-0.4, -0.2) is 27.4 Å². The molecule has 132 valence electrons. The summed E-state index contributed by atoms with van der Waals surface area (Å²) in [6, 6.07) is 0. The lowest BCUT2D eigenvalue weighted by Crippen LogP contribution is -2.44. The zero-order chi connectivity index (χ0) is 18.2. The summed E-state index contributed by atoms with van der Waals surface area (Å²) in [5, 5.41) is 0. The van der Waals surface area contributed by atoms with Crippen LogP contribution in [0.5, 0.6) is 0 Å². The summed E-state index contributed by atoms with van der Waals surface area (Å²) < 4.78 is 7.65. The molecular formula is C17H25N3O4. The number of carbonyl (C=O) groups is 1. The molecule has 1 aromatic heterocycles. The van der Waals surface area contributed by atoms with Gasteiger partial charge < -0.3 is 4.74 Å². The van der Waals surface area contributed by atoms with Crippen molar-refractivity contribution in [3.05, 3.63) is 26.4 Å². The van der Waals surface area contributed by atoms with Gasteiger partial charge in [0, 0.05) is 25.7 Å². The van der Waals surface area contributed by atoms with Crippen molar-refractivity contribution in [2.45, 2.75) is 40.0 Å². The van der Waals surface area contributed by atoms with E-state index < -0.39 is 11.6 Å². The minimum atomic E-state index is -0.593. The molecule has 2 heterocycles. The van der Waals surface area contributed by atoms with Gasteiger partial charge >= 0.3 is 11.7 Å². The smallest absolute Gasteiger partial charge is 0.332 e. The standard InChI is InChI=1S/C17H25N3O4/c1-7-24-16(22)12-10(4)18-14-13(11(12)8-9(2)3)15(21)20(6)17(23)19(14)5/h9,11-12H,7-8H2,1-6H3. The minimum Gasteiger partial charge on any atom is -0.465 e. The Kier molecular flexibility index (Phi) is 5.11. The maximum Gasteiger partial charge on any atom is 0.332 e. The van der Waals surface area contributed by atoms with Crippen molar-refractivity contribution in [1.82, 2.24) is 9.13 Å². The maximum absolute atomic E-state index is 12.7. The Hall–Kier alpha value is -2.18. The number of rotatable bonds is 4. The van der Waals surface area contributed by atoms with Gasteiger partial charge in [0.2, 0.25) is 0 Å². The first-order valence-electron chi connectivity index (χ1n) is 8.22. The molecule has 0 aliphatic carbocycles. The van der Waals surface area contributed by atoms with E-state index in [0.29, 0.717) is 23.5 Å². The van der Waals surface area contributed by atoms with Gasteiger partial charge in [-0.1, -0.05) is 13.8 Å². The predicted molar refractivity (Wildman–Crippen MR) is 92.0 cm³/mol. The van der Waals surface area contributed by atoms with Crippen molar-refractivity contribution in [3.8, 4) is 0 Å². The molecule has 2 unspecified atom stereocenters. The predicted octanol–water partition coefficient (Wildman–Crippen LogP) is 1.50. The molecule has 0 bridgehead atoms. The van der Waals surface area contributed by atoms with Gasteiger partial charge in [0.25, 0.3) is 5.56 Å². The van der Waals surface area contributed by atoms with Gasteiger partial charge in [-0.3, -0.25) is 18.7 Å². The molecule has 2 rings (SSSR count). The quantitative estimate of drug-likeness (QED) is 0.781. The molecule has 0 saturated carbocycles. The second-order valence-electron chi connectivity index (χ2n) is 6.66. The van der Waals surface area contributed by atoms with E-state index in [0.717, 1.165) is 4.57 Å². The van der Waals surface area contributed by atoms with Crippen LogP contribution in [0.3, 0.4) is 0 Å². The zero-order valence-corrected chi connectivity index (χ0v) is 15.1. The highest BCUT2D eigenvalue weighted by molar-refractivity contribution is 6.04. The maximum atomic E-state index is 12.7. The monoisotopic (exact) mass is 335 g/mol. The highest BCUT2D eigenvalue weighted by atomic mass is 16.5. The van der Waals surface area contributed by atoms with Crippen molar-refractivity contribution in [2.24, 2.45) is 30.9 Å². The van der Waals surface area contributed by atoms with Crippen LogP contribution in [0.4, 0.5) is 5.82 Å². The molecule has 0 fully saturated rings. The average Bonchev–Trinajstić information content (AvgIpc) is 2.50. The molecule has 0 amide bonds. The molecule has 0 N–H and O–H groups in total. The minimum absolute atomic E-state index is 0.271. The van der Waals surface area contributed by atoms with E-state index in [2.05, 4.69) is 4.99 Å². The third-order valence-corrected chi connectivity index (χ3v) is 4.44. The Morgan fingerprint density at radius 3 is 2.42 bits per heavy atom. The first-order chi connectivity index (χ1) is 11.2. The molecular weight excluding hydrogens is 310 g/mol. The third kappa shape index (κ3) is 2.95. The number of hydrogen-bond donors (Lipinski definition) is 0. The topological polar surface area (TPSA) is 82.7 Å². The van der Waals surface area contributed by atoms with Gasteiger partial charge in [-0.2, -0.15) is 0 Å². The summed E-state index contributed by atoms with van der Waals surface area (Å²) >= 11 is 0. The van der Waals surface area contributed by atoms with Gasteiger partial charge in [-0.05, 0) is 26.2 Å². The van der Waals surface area contributed by atoms with Gasteiger partial charge in [0.1, 0.15) is 11.7 Å². The molecule has 0 spiro atoms. The summed E-state index contributed by atoms with van der Waals surface area (Å²) in [7, 11) is 3.04. The zero-order valence-electron chi connectivity index (χ0n) is 15.1. The van der Waals surface area contributed by atoms with Gasteiger partial charge in [0.15, 0.2) is 0 Å². The first-order valence-corrected chi connectivity index (χ1v) is 8.22. The van der Waals surface area contributed by atoms with Gasteiger partial charge in [-0.25, -0.2) is 9.79 Å². The van der Waals surface area contributed by atoms with E-state index in [1.165, 1.54) is 11.6 Å². The van der Waals surface area contributed by atoms with Crippen molar-refractivity contribution in [1.29, 1.82) is 0 Å². The fraction of sp³-hybridized carbons (Fsp3) is 0.647. The first kappa shape index (κ1) is 18.2. The molecule has 1 aliphatic rings. The molecule has 24 heavy (non-hydrogen) atoms. The van der Waals surface area contributed by atoms with Gasteiger partial charge in [0.05, 0.1) is 12.2 Å². The molecule has 0 saturated heterocycles. The van der Waals surface area contributed by atoms with E-state index in [-0.39, 0.29) is 30.0 Å². The molecule has 0 radical (unpaired) electrons. The summed E-state index contributed by atoms with van der Waals surface area (Å²) in [6.07, 6.45) is 0.636.